The van der Waals surface area contributed by atoms with Crippen molar-refractivity contribution in [1.82, 2.24) is 0 Å². The first kappa shape index (κ1) is 13.2. The molecule has 0 aliphatic heterocycles. The zero-order chi connectivity index (χ0) is 12.7. The highest BCUT2D eigenvalue weighted by molar-refractivity contribution is 5.81. The van der Waals surface area contributed by atoms with Gasteiger partial charge in [0.05, 0.1) is 13.5 Å². The first-order valence-corrected chi connectivity index (χ1v) is 5.09. The van der Waals surface area contributed by atoms with E-state index in [2.05, 4.69) is 4.74 Å². The van der Waals surface area contributed by atoms with Crippen LogP contribution in [0, 0.1) is 0 Å². The van der Waals surface area contributed by atoms with Crippen LogP contribution in [-0.2, 0) is 25.7 Å². The Morgan fingerprint density at radius 3 is 2.53 bits per heavy atom. The Balaban J connectivity index is 2.37. The molecule has 0 amide bonds. The molecule has 0 saturated heterocycles. The van der Waals surface area contributed by atoms with Crippen LogP contribution in [0.4, 0.5) is 0 Å². The zero-order valence-corrected chi connectivity index (χ0v) is 9.46. The van der Waals surface area contributed by atoms with E-state index in [1.807, 2.05) is 18.2 Å². The van der Waals surface area contributed by atoms with Crippen LogP contribution in [0.2, 0.25) is 0 Å². The van der Waals surface area contributed by atoms with E-state index in [1.54, 1.807) is 12.1 Å². The van der Waals surface area contributed by atoms with Gasteiger partial charge in [-0.25, -0.2) is 4.79 Å². The van der Waals surface area contributed by atoms with Gasteiger partial charge in [-0.2, -0.15) is 0 Å². The Labute approximate surface area is 99.0 Å². The Bertz CT molecular complexity index is 374. The molecule has 1 N–H and O–H groups in total. The van der Waals surface area contributed by atoms with Gasteiger partial charge in [0.25, 0.3) is 0 Å². The lowest BCUT2D eigenvalue weighted by Crippen LogP contribution is -2.26. The summed E-state index contributed by atoms with van der Waals surface area (Å²) in [7, 11) is 1.18. The van der Waals surface area contributed by atoms with E-state index in [1.165, 1.54) is 7.11 Å². The third kappa shape index (κ3) is 4.65. The average molecular weight is 238 g/mol. The van der Waals surface area contributed by atoms with Gasteiger partial charge in [0.15, 0.2) is 6.10 Å². The quantitative estimate of drug-likeness (QED) is 0.762. The molecular formula is C12H14O5. The first-order chi connectivity index (χ1) is 8.13. The van der Waals surface area contributed by atoms with Gasteiger partial charge in [0, 0.05) is 0 Å². The van der Waals surface area contributed by atoms with Crippen molar-refractivity contribution in [3.8, 4) is 0 Å². The van der Waals surface area contributed by atoms with Gasteiger partial charge in [0.1, 0.15) is 6.61 Å². The van der Waals surface area contributed by atoms with E-state index in [0.717, 1.165) is 5.56 Å². The molecule has 0 heterocycles. The maximum absolute atomic E-state index is 11.3. The van der Waals surface area contributed by atoms with Crippen LogP contribution in [0.25, 0.3) is 0 Å². The number of benzene rings is 1. The molecule has 92 valence electrons. The van der Waals surface area contributed by atoms with Gasteiger partial charge in [-0.1, -0.05) is 30.3 Å². The maximum atomic E-state index is 11.3. The molecule has 1 aromatic carbocycles. The molecule has 0 bridgehead atoms. The highest BCUT2D eigenvalue weighted by atomic mass is 16.5. The van der Waals surface area contributed by atoms with Gasteiger partial charge >= 0.3 is 11.9 Å². The highest BCUT2D eigenvalue weighted by Gasteiger charge is 2.20. The monoisotopic (exact) mass is 238 g/mol. The lowest BCUT2D eigenvalue weighted by atomic mass is 10.2. The highest BCUT2D eigenvalue weighted by Crippen LogP contribution is 2.03. The standard InChI is InChI=1S/C12H14O5/c1-16-11(14)7-10(13)12(15)17-8-9-5-3-2-4-6-9/h2-6,10,13H,7-8H2,1H3. The number of carbonyl (C=O) groups is 2. The summed E-state index contributed by atoms with van der Waals surface area (Å²) in [6, 6.07) is 9.06. The molecule has 0 spiro atoms. The fraction of sp³-hybridized carbons (Fsp3) is 0.333. The summed E-state index contributed by atoms with van der Waals surface area (Å²) in [6.45, 7) is 0.0674. The fourth-order valence-electron chi connectivity index (χ4n) is 1.15. The van der Waals surface area contributed by atoms with Crippen LogP contribution in [0.5, 0.6) is 0 Å². The molecule has 0 aliphatic rings. The van der Waals surface area contributed by atoms with Crippen molar-refractivity contribution in [3.05, 3.63) is 35.9 Å². The minimum Gasteiger partial charge on any atom is -0.469 e. The van der Waals surface area contributed by atoms with Crippen molar-refractivity contribution in [2.75, 3.05) is 7.11 Å². The van der Waals surface area contributed by atoms with Crippen LogP contribution in [0.1, 0.15) is 12.0 Å². The van der Waals surface area contributed by atoms with E-state index in [4.69, 9.17) is 4.74 Å². The SMILES string of the molecule is COC(=O)CC(O)C(=O)OCc1ccccc1. The number of carbonyl (C=O) groups excluding carboxylic acids is 2. The molecule has 0 saturated carbocycles. The number of esters is 2. The van der Waals surface area contributed by atoms with E-state index in [9.17, 15) is 14.7 Å². The lowest BCUT2D eigenvalue weighted by Gasteiger charge is -2.09. The van der Waals surface area contributed by atoms with E-state index in [-0.39, 0.29) is 6.61 Å². The van der Waals surface area contributed by atoms with Crippen LogP contribution < -0.4 is 0 Å². The largest absolute Gasteiger partial charge is 0.469 e. The minimum absolute atomic E-state index is 0.0674. The summed E-state index contributed by atoms with van der Waals surface area (Å²) >= 11 is 0. The summed E-state index contributed by atoms with van der Waals surface area (Å²) in [5.41, 5.74) is 0.811. The van der Waals surface area contributed by atoms with Crippen LogP contribution in [-0.4, -0.2) is 30.3 Å². The number of rotatable bonds is 5. The summed E-state index contributed by atoms with van der Waals surface area (Å²) in [6.07, 6.45) is -1.88. The maximum Gasteiger partial charge on any atom is 0.335 e. The number of aliphatic hydroxyl groups excluding tert-OH is 1. The molecule has 17 heavy (non-hydrogen) atoms. The van der Waals surface area contributed by atoms with E-state index in [0.29, 0.717) is 0 Å². The van der Waals surface area contributed by atoms with Crippen LogP contribution in [0.3, 0.4) is 0 Å². The second-order valence-corrected chi connectivity index (χ2v) is 3.39. The van der Waals surface area contributed by atoms with Gasteiger partial charge in [0.2, 0.25) is 0 Å². The summed E-state index contributed by atoms with van der Waals surface area (Å²) in [4.78, 5) is 22.1. The van der Waals surface area contributed by atoms with Crippen molar-refractivity contribution in [2.45, 2.75) is 19.1 Å². The van der Waals surface area contributed by atoms with Crippen LogP contribution >= 0.6 is 0 Å². The molecule has 0 aliphatic carbocycles. The summed E-state index contributed by atoms with van der Waals surface area (Å²) < 4.78 is 9.17. The molecular weight excluding hydrogens is 224 g/mol. The molecule has 1 unspecified atom stereocenters. The fourth-order valence-corrected chi connectivity index (χ4v) is 1.15. The van der Waals surface area contributed by atoms with E-state index < -0.39 is 24.5 Å². The topological polar surface area (TPSA) is 72.8 Å². The number of aliphatic hydroxyl groups is 1. The Morgan fingerprint density at radius 2 is 1.94 bits per heavy atom. The van der Waals surface area contributed by atoms with Crippen molar-refractivity contribution >= 4 is 11.9 Å². The Morgan fingerprint density at radius 1 is 1.29 bits per heavy atom. The van der Waals surface area contributed by atoms with Crippen LogP contribution in [0.15, 0.2) is 30.3 Å². The number of ether oxygens (including phenoxy) is 2. The van der Waals surface area contributed by atoms with Crippen molar-refractivity contribution < 1.29 is 24.2 Å². The molecule has 0 fully saturated rings. The first-order valence-electron chi connectivity index (χ1n) is 5.09. The number of hydrogen-bond donors (Lipinski definition) is 1. The smallest absolute Gasteiger partial charge is 0.335 e. The van der Waals surface area contributed by atoms with Gasteiger partial charge < -0.3 is 14.6 Å². The normalized spacial score (nSPS) is 11.6. The van der Waals surface area contributed by atoms with Gasteiger partial charge in [-0.15, -0.1) is 0 Å². The molecule has 0 aromatic heterocycles. The molecule has 5 heteroatoms. The molecule has 0 radical (unpaired) electrons. The lowest BCUT2D eigenvalue weighted by molar-refractivity contribution is -0.160. The Hall–Kier alpha value is -1.88. The van der Waals surface area contributed by atoms with Gasteiger partial charge in [-0.05, 0) is 5.56 Å². The second kappa shape index (κ2) is 6.65. The summed E-state index contributed by atoms with van der Waals surface area (Å²) in [5.74, 6) is -1.49. The molecule has 5 nitrogen and oxygen atoms in total. The molecule has 1 aromatic rings. The third-order valence-corrected chi connectivity index (χ3v) is 2.08. The predicted molar refractivity (Wildman–Crippen MR) is 58.9 cm³/mol. The number of methoxy groups -OCH3 is 1. The molecule has 1 rings (SSSR count). The zero-order valence-electron chi connectivity index (χ0n) is 9.46. The third-order valence-electron chi connectivity index (χ3n) is 2.08. The minimum atomic E-state index is -1.48. The molecule has 1 atom stereocenters. The Kier molecular flexibility index (Phi) is 5.16. The summed E-state index contributed by atoms with van der Waals surface area (Å²) in [5, 5.41) is 9.32. The van der Waals surface area contributed by atoms with Gasteiger partial charge in [-0.3, -0.25) is 4.79 Å². The van der Waals surface area contributed by atoms with E-state index >= 15 is 0 Å². The average Bonchev–Trinajstić information content (AvgIpc) is 2.36. The van der Waals surface area contributed by atoms with Crippen molar-refractivity contribution in [3.63, 3.8) is 0 Å². The number of hydrogen-bond acceptors (Lipinski definition) is 5. The predicted octanol–water partition coefficient (Wildman–Crippen LogP) is 0.654. The second-order valence-electron chi connectivity index (χ2n) is 3.39. The van der Waals surface area contributed by atoms with Crippen molar-refractivity contribution in [2.24, 2.45) is 0 Å². The van der Waals surface area contributed by atoms with Crippen molar-refractivity contribution in [1.29, 1.82) is 0 Å².